The number of hydrogen-bond donors (Lipinski definition) is 5. The van der Waals surface area contributed by atoms with E-state index in [1.807, 2.05) is 73.7 Å². The van der Waals surface area contributed by atoms with E-state index in [2.05, 4.69) is 16.0 Å². The minimum atomic E-state index is -1.17. The van der Waals surface area contributed by atoms with Crippen molar-refractivity contribution in [2.75, 3.05) is 20.2 Å². The van der Waals surface area contributed by atoms with Crippen molar-refractivity contribution in [1.29, 1.82) is 0 Å². The van der Waals surface area contributed by atoms with Crippen LogP contribution in [0.3, 0.4) is 0 Å². The van der Waals surface area contributed by atoms with Gasteiger partial charge in [0.2, 0.25) is 17.7 Å². The van der Waals surface area contributed by atoms with E-state index >= 15 is 0 Å². The fourth-order valence-corrected chi connectivity index (χ4v) is 4.39. The summed E-state index contributed by atoms with van der Waals surface area (Å²) in [5.74, 6) is -1.99. The van der Waals surface area contributed by atoms with Gasteiger partial charge in [0, 0.05) is 6.54 Å². The van der Waals surface area contributed by atoms with E-state index in [0.29, 0.717) is 25.8 Å². The highest BCUT2D eigenvalue weighted by atomic mass is 16.5. The molecule has 0 aliphatic rings. The van der Waals surface area contributed by atoms with Crippen LogP contribution < -0.4 is 26.4 Å². The van der Waals surface area contributed by atoms with Crippen LogP contribution in [0.2, 0.25) is 0 Å². The van der Waals surface area contributed by atoms with E-state index < -0.39 is 29.9 Å². The molecule has 10 heteroatoms. The second kappa shape index (κ2) is 15.4. The van der Waals surface area contributed by atoms with Gasteiger partial charge < -0.3 is 31.5 Å². The van der Waals surface area contributed by atoms with E-state index in [0.717, 1.165) is 27.6 Å². The largest absolute Gasteiger partial charge is 0.497 e. The molecule has 0 bridgehead atoms. The van der Waals surface area contributed by atoms with Crippen molar-refractivity contribution >= 4 is 34.5 Å². The van der Waals surface area contributed by atoms with Crippen molar-refractivity contribution in [2.24, 2.45) is 5.73 Å². The number of carboxylic acid groups (broad SMARTS) is 1. The predicted molar refractivity (Wildman–Crippen MR) is 156 cm³/mol. The molecule has 41 heavy (non-hydrogen) atoms. The number of carbonyl (C=O) groups is 4. The van der Waals surface area contributed by atoms with Crippen molar-refractivity contribution < 1.29 is 29.0 Å². The monoisotopic (exact) mass is 562 g/mol. The second-order valence-corrected chi connectivity index (χ2v) is 9.95. The summed E-state index contributed by atoms with van der Waals surface area (Å²) in [4.78, 5) is 48.8. The Morgan fingerprint density at radius 2 is 1.61 bits per heavy atom. The highest BCUT2D eigenvalue weighted by Gasteiger charge is 2.21. The van der Waals surface area contributed by atoms with Gasteiger partial charge in [0.15, 0.2) is 0 Å². The lowest BCUT2D eigenvalue weighted by atomic mass is 9.97. The molecular weight excluding hydrogens is 524 g/mol. The molecule has 0 aromatic heterocycles. The maximum absolute atomic E-state index is 12.7. The van der Waals surface area contributed by atoms with E-state index in [-0.39, 0.29) is 24.8 Å². The molecule has 3 aromatic rings. The zero-order valence-corrected chi connectivity index (χ0v) is 23.4. The van der Waals surface area contributed by atoms with E-state index in [1.165, 1.54) is 0 Å². The number of nitrogens with two attached hydrogens (primary N) is 1. The summed E-state index contributed by atoms with van der Waals surface area (Å²) in [5, 5.41) is 19.3. The van der Waals surface area contributed by atoms with Gasteiger partial charge >= 0.3 is 5.97 Å². The van der Waals surface area contributed by atoms with Crippen LogP contribution in [0.15, 0.2) is 66.7 Å². The van der Waals surface area contributed by atoms with Gasteiger partial charge in [0.1, 0.15) is 11.8 Å². The van der Waals surface area contributed by atoms with Crippen molar-refractivity contribution in [3.63, 3.8) is 0 Å². The number of carboxylic acids is 1. The molecule has 0 aliphatic heterocycles. The number of amides is 3. The number of aliphatic carboxylic acids is 1. The molecule has 6 N–H and O–H groups in total. The summed E-state index contributed by atoms with van der Waals surface area (Å²) < 4.78 is 5.26. The number of benzene rings is 3. The molecule has 0 saturated heterocycles. The zero-order valence-electron chi connectivity index (χ0n) is 23.4. The maximum Gasteiger partial charge on any atom is 0.326 e. The summed E-state index contributed by atoms with van der Waals surface area (Å²) >= 11 is 0. The fourth-order valence-electron chi connectivity index (χ4n) is 4.39. The third kappa shape index (κ3) is 9.61. The van der Waals surface area contributed by atoms with Gasteiger partial charge in [-0.1, -0.05) is 54.6 Å². The quantitative estimate of drug-likeness (QED) is 0.178. The third-order valence-electron chi connectivity index (χ3n) is 6.88. The molecule has 10 nitrogen and oxygen atoms in total. The van der Waals surface area contributed by atoms with Crippen molar-refractivity contribution in [2.45, 2.75) is 50.6 Å². The molecule has 218 valence electrons. The van der Waals surface area contributed by atoms with Crippen LogP contribution in [-0.2, 0) is 25.6 Å². The van der Waals surface area contributed by atoms with Crippen LogP contribution in [-0.4, -0.2) is 61.1 Å². The fraction of sp³-hybridized carbons (Fsp3) is 0.355. The normalized spacial score (nSPS) is 13.0. The van der Waals surface area contributed by atoms with Crippen LogP contribution >= 0.6 is 0 Å². The number of nitrogens with one attached hydrogen (secondary N) is 3. The van der Waals surface area contributed by atoms with Crippen molar-refractivity contribution in [3.8, 4) is 5.75 Å². The second-order valence-electron chi connectivity index (χ2n) is 9.95. The van der Waals surface area contributed by atoms with Gasteiger partial charge in [0.25, 0.3) is 0 Å². The zero-order chi connectivity index (χ0) is 29.8. The molecule has 3 atom stereocenters. The van der Waals surface area contributed by atoms with Gasteiger partial charge in [-0.05, 0) is 66.6 Å². The number of carbonyl (C=O) groups excluding carboxylic acids is 3. The topological polar surface area (TPSA) is 160 Å². The van der Waals surface area contributed by atoms with E-state index in [9.17, 15) is 24.3 Å². The minimum absolute atomic E-state index is 0.123. The Morgan fingerprint density at radius 1 is 0.902 bits per heavy atom. The standard InChI is InChI=1S/C31H38N4O6/c1-20(22-11-12-24-18-25(41-2)14-13-23(24)17-22)29(37)33-15-7-6-10-27(31(39)40)35-28(36)19-34-30(38)26(32)16-21-8-4-3-5-9-21/h3-5,8-9,11-14,17-18,20,26-27H,6-7,10,15-16,19,32H2,1-2H3,(H,33,37)(H,34,38)(H,35,36)(H,39,40)/t20?,26-,27?/m1/s1. The molecule has 0 aliphatic carbocycles. The summed E-state index contributed by atoms with van der Waals surface area (Å²) in [6.45, 7) is 1.84. The molecule has 2 unspecified atom stereocenters. The van der Waals surface area contributed by atoms with Gasteiger partial charge in [0.05, 0.1) is 25.6 Å². The number of unbranched alkanes of at least 4 members (excludes halogenated alkanes) is 1. The molecule has 3 amide bonds. The first-order chi connectivity index (χ1) is 19.7. The highest BCUT2D eigenvalue weighted by molar-refractivity contribution is 5.90. The van der Waals surface area contributed by atoms with Gasteiger partial charge in [-0.15, -0.1) is 0 Å². The smallest absolute Gasteiger partial charge is 0.326 e. The number of methoxy groups -OCH3 is 1. The Kier molecular flexibility index (Phi) is 11.7. The van der Waals surface area contributed by atoms with Crippen LogP contribution in [0.4, 0.5) is 0 Å². The Balaban J connectivity index is 1.37. The molecule has 0 spiro atoms. The molecule has 0 fully saturated rings. The lowest BCUT2D eigenvalue weighted by Gasteiger charge is -2.16. The summed E-state index contributed by atoms with van der Waals surface area (Å²) in [5.41, 5.74) is 7.70. The Hall–Kier alpha value is -4.44. The molecular formula is C31H38N4O6. The molecule has 3 aromatic carbocycles. The number of fused-ring (bicyclic) bond motifs is 1. The van der Waals surface area contributed by atoms with Gasteiger partial charge in [-0.2, -0.15) is 0 Å². The first-order valence-electron chi connectivity index (χ1n) is 13.6. The highest BCUT2D eigenvalue weighted by Crippen LogP contribution is 2.25. The SMILES string of the molecule is COc1ccc2cc(C(C)C(=O)NCCCCC(NC(=O)CNC(=O)[C@H](N)Cc3ccccc3)C(=O)O)ccc2c1. The van der Waals surface area contributed by atoms with Gasteiger partial charge in [-0.3, -0.25) is 14.4 Å². The van der Waals surface area contributed by atoms with Crippen LogP contribution in [0.1, 0.15) is 43.2 Å². The van der Waals surface area contributed by atoms with E-state index in [1.54, 1.807) is 7.11 Å². The van der Waals surface area contributed by atoms with Crippen LogP contribution in [0, 0.1) is 0 Å². The van der Waals surface area contributed by atoms with Crippen molar-refractivity contribution in [3.05, 3.63) is 77.9 Å². The van der Waals surface area contributed by atoms with Crippen LogP contribution in [0.25, 0.3) is 10.8 Å². The number of rotatable bonds is 15. The summed E-state index contributed by atoms with van der Waals surface area (Å²) in [6, 6.07) is 19.0. The number of ether oxygens (including phenoxy) is 1. The van der Waals surface area contributed by atoms with Gasteiger partial charge in [-0.25, -0.2) is 4.79 Å². The average molecular weight is 563 g/mol. The Labute approximate surface area is 239 Å². The molecule has 0 heterocycles. The first kappa shape index (κ1) is 31.1. The average Bonchev–Trinajstić information content (AvgIpc) is 2.98. The van der Waals surface area contributed by atoms with Crippen LogP contribution in [0.5, 0.6) is 5.75 Å². The molecule has 0 saturated carbocycles. The minimum Gasteiger partial charge on any atom is -0.497 e. The third-order valence-corrected chi connectivity index (χ3v) is 6.88. The lowest BCUT2D eigenvalue weighted by Crippen LogP contribution is -2.49. The molecule has 3 rings (SSSR count). The summed E-state index contributed by atoms with van der Waals surface area (Å²) in [6.07, 6.45) is 1.51. The lowest BCUT2D eigenvalue weighted by molar-refractivity contribution is -0.142. The van der Waals surface area contributed by atoms with E-state index in [4.69, 9.17) is 10.5 Å². The predicted octanol–water partition coefficient (Wildman–Crippen LogP) is 2.49. The Morgan fingerprint density at radius 3 is 2.32 bits per heavy atom. The Bertz CT molecular complexity index is 1350. The summed E-state index contributed by atoms with van der Waals surface area (Å²) in [7, 11) is 1.62. The number of hydrogen-bond acceptors (Lipinski definition) is 6. The molecule has 0 radical (unpaired) electrons. The maximum atomic E-state index is 12.7. The van der Waals surface area contributed by atoms with Crippen molar-refractivity contribution in [1.82, 2.24) is 16.0 Å². The first-order valence-corrected chi connectivity index (χ1v) is 13.6.